The Hall–Kier alpha value is -1.55. The number of carbonyl (C=O) groups excluding carboxylic acids is 1. The molecule has 0 fully saturated rings. The molecule has 19 heavy (non-hydrogen) atoms. The van der Waals surface area contributed by atoms with Gasteiger partial charge in [-0.2, -0.15) is 0 Å². The van der Waals surface area contributed by atoms with E-state index in [1.165, 1.54) is 0 Å². The van der Waals surface area contributed by atoms with Crippen LogP contribution in [0.5, 0.6) is 5.75 Å². The second-order valence-corrected chi connectivity index (χ2v) is 5.85. The third-order valence-electron chi connectivity index (χ3n) is 3.19. The lowest BCUT2D eigenvalue weighted by Crippen LogP contribution is -2.49. The van der Waals surface area contributed by atoms with Crippen LogP contribution in [0.4, 0.5) is 0 Å². The van der Waals surface area contributed by atoms with Crippen LogP contribution in [0.1, 0.15) is 39.3 Å². The predicted octanol–water partition coefficient (Wildman–Crippen LogP) is 2.25. The summed E-state index contributed by atoms with van der Waals surface area (Å²) < 4.78 is 5.11. The Morgan fingerprint density at radius 2 is 1.79 bits per heavy atom. The highest BCUT2D eigenvalue weighted by Gasteiger charge is 2.28. The fourth-order valence-electron chi connectivity index (χ4n) is 1.67. The summed E-state index contributed by atoms with van der Waals surface area (Å²) in [5.41, 5.74) is 6.71. The summed E-state index contributed by atoms with van der Waals surface area (Å²) in [4.78, 5) is 12.0. The van der Waals surface area contributed by atoms with E-state index in [1.807, 2.05) is 52.0 Å². The molecular formula is C15H24N2O2. The van der Waals surface area contributed by atoms with E-state index < -0.39 is 6.04 Å². The van der Waals surface area contributed by atoms with Gasteiger partial charge in [0.1, 0.15) is 5.75 Å². The molecule has 0 saturated heterocycles. The first-order chi connectivity index (χ1) is 8.75. The number of hydrogen-bond acceptors (Lipinski definition) is 3. The van der Waals surface area contributed by atoms with Crippen molar-refractivity contribution in [3.05, 3.63) is 29.8 Å². The maximum Gasteiger partial charge on any atom is 0.237 e. The SMILES string of the molecule is COc1ccc(C(C)NC(=O)C(N)C(C)(C)C)cc1. The first-order valence-electron chi connectivity index (χ1n) is 6.45. The van der Waals surface area contributed by atoms with Crippen molar-refractivity contribution in [3.8, 4) is 5.75 Å². The summed E-state index contributed by atoms with van der Waals surface area (Å²) in [5.74, 6) is 0.671. The molecule has 0 aliphatic rings. The minimum absolute atomic E-state index is 0.0770. The number of rotatable bonds is 4. The zero-order valence-electron chi connectivity index (χ0n) is 12.4. The van der Waals surface area contributed by atoms with Gasteiger partial charge in [0.05, 0.1) is 19.2 Å². The van der Waals surface area contributed by atoms with Crippen molar-refractivity contribution >= 4 is 5.91 Å². The highest BCUT2D eigenvalue weighted by Crippen LogP contribution is 2.20. The Labute approximate surface area is 115 Å². The number of benzene rings is 1. The van der Waals surface area contributed by atoms with E-state index in [0.717, 1.165) is 11.3 Å². The van der Waals surface area contributed by atoms with Crippen molar-refractivity contribution in [2.45, 2.75) is 39.8 Å². The number of carbonyl (C=O) groups is 1. The smallest absolute Gasteiger partial charge is 0.237 e. The van der Waals surface area contributed by atoms with Crippen LogP contribution in [0.15, 0.2) is 24.3 Å². The Morgan fingerprint density at radius 3 is 2.21 bits per heavy atom. The van der Waals surface area contributed by atoms with Crippen LogP contribution in [0.3, 0.4) is 0 Å². The molecular weight excluding hydrogens is 240 g/mol. The first kappa shape index (κ1) is 15.5. The highest BCUT2D eigenvalue weighted by molar-refractivity contribution is 5.82. The van der Waals surface area contributed by atoms with Crippen LogP contribution in [-0.2, 0) is 4.79 Å². The van der Waals surface area contributed by atoms with Crippen molar-refractivity contribution in [1.82, 2.24) is 5.32 Å². The van der Waals surface area contributed by atoms with Crippen LogP contribution < -0.4 is 15.8 Å². The molecule has 0 spiro atoms. The van der Waals surface area contributed by atoms with Gasteiger partial charge in [0.2, 0.25) is 5.91 Å². The molecule has 1 aromatic rings. The van der Waals surface area contributed by atoms with E-state index in [2.05, 4.69) is 5.32 Å². The molecule has 0 bridgehead atoms. The molecule has 1 aromatic carbocycles. The molecule has 0 heterocycles. The van der Waals surface area contributed by atoms with Crippen molar-refractivity contribution in [1.29, 1.82) is 0 Å². The summed E-state index contributed by atoms with van der Waals surface area (Å²) in [7, 11) is 1.63. The van der Waals surface area contributed by atoms with Crippen molar-refractivity contribution in [2.75, 3.05) is 7.11 Å². The molecule has 0 radical (unpaired) electrons. The maximum absolute atomic E-state index is 12.0. The lowest BCUT2D eigenvalue weighted by atomic mass is 9.86. The van der Waals surface area contributed by atoms with Crippen LogP contribution in [0.25, 0.3) is 0 Å². The number of hydrogen-bond donors (Lipinski definition) is 2. The summed E-state index contributed by atoms with van der Waals surface area (Å²) in [6.07, 6.45) is 0. The summed E-state index contributed by atoms with van der Waals surface area (Å²) >= 11 is 0. The minimum Gasteiger partial charge on any atom is -0.497 e. The van der Waals surface area contributed by atoms with Crippen LogP contribution in [0.2, 0.25) is 0 Å². The van der Waals surface area contributed by atoms with Crippen molar-refractivity contribution < 1.29 is 9.53 Å². The molecule has 0 aliphatic carbocycles. The number of ether oxygens (including phenoxy) is 1. The number of nitrogens with two attached hydrogens (primary N) is 1. The number of amides is 1. The molecule has 2 atom stereocenters. The molecule has 1 rings (SSSR count). The normalized spacial score (nSPS) is 14.6. The first-order valence-corrected chi connectivity index (χ1v) is 6.45. The Morgan fingerprint density at radius 1 is 1.26 bits per heavy atom. The molecule has 2 unspecified atom stereocenters. The van der Waals surface area contributed by atoms with Crippen LogP contribution >= 0.6 is 0 Å². The Balaban J connectivity index is 2.68. The average Bonchev–Trinajstić information content (AvgIpc) is 2.36. The minimum atomic E-state index is -0.520. The molecule has 0 aromatic heterocycles. The molecule has 0 saturated carbocycles. The van der Waals surface area contributed by atoms with Gasteiger partial charge in [0, 0.05) is 0 Å². The molecule has 0 aliphatic heterocycles. The lowest BCUT2D eigenvalue weighted by molar-refractivity contribution is -0.125. The van der Waals surface area contributed by atoms with E-state index in [1.54, 1.807) is 7.11 Å². The summed E-state index contributed by atoms with van der Waals surface area (Å²) in [6.45, 7) is 7.80. The van der Waals surface area contributed by atoms with E-state index in [9.17, 15) is 4.79 Å². The molecule has 4 heteroatoms. The van der Waals surface area contributed by atoms with Gasteiger partial charge in [-0.25, -0.2) is 0 Å². The second kappa shape index (κ2) is 6.06. The number of methoxy groups -OCH3 is 1. The third-order valence-corrected chi connectivity index (χ3v) is 3.19. The fourth-order valence-corrected chi connectivity index (χ4v) is 1.67. The van der Waals surface area contributed by atoms with Gasteiger partial charge >= 0.3 is 0 Å². The summed E-state index contributed by atoms with van der Waals surface area (Å²) in [5, 5.41) is 2.94. The Kier molecular flexibility index (Phi) is 4.95. The standard InChI is InChI=1S/C15H24N2O2/c1-10(11-6-8-12(19-5)9-7-11)17-14(18)13(16)15(2,3)4/h6-10,13H,16H2,1-5H3,(H,17,18). The quantitative estimate of drug-likeness (QED) is 0.876. The van der Waals surface area contributed by atoms with E-state index >= 15 is 0 Å². The second-order valence-electron chi connectivity index (χ2n) is 5.85. The van der Waals surface area contributed by atoms with E-state index in [4.69, 9.17) is 10.5 Å². The number of nitrogens with one attached hydrogen (secondary N) is 1. The molecule has 106 valence electrons. The van der Waals surface area contributed by atoms with Crippen molar-refractivity contribution in [2.24, 2.45) is 11.1 Å². The van der Waals surface area contributed by atoms with Gasteiger partial charge in [0.15, 0.2) is 0 Å². The zero-order valence-corrected chi connectivity index (χ0v) is 12.4. The lowest BCUT2D eigenvalue weighted by Gasteiger charge is -2.27. The van der Waals surface area contributed by atoms with Gasteiger partial charge < -0.3 is 15.8 Å². The monoisotopic (exact) mass is 264 g/mol. The van der Waals surface area contributed by atoms with Gasteiger partial charge in [0.25, 0.3) is 0 Å². The average molecular weight is 264 g/mol. The Bertz CT molecular complexity index is 421. The van der Waals surface area contributed by atoms with Crippen LogP contribution in [-0.4, -0.2) is 19.1 Å². The summed E-state index contributed by atoms with van der Waals surface area (Å²) in [6, 6.07) is 7.03. The third kappa shape index (κ3) is 4.24. The molecule has 3 N–H and O–H groups in total. The highest BCUT2D eigenvalue weighted by atomic mass is 16.5. The van der Waals surface area contributed by atoms with E-state index in [0.29, 0.717) is 0 Å². The van der Waals surface area contributed by atoms with E-state index in [-0.39, 0.29) is 17.4 Å². The largest absolute Gasteiger partial charge is 0.497 e. The van der Waals surface area contributed by atoms with Gasteiger partial charge in [-0.05, 0) is 30.0 Å². The van der Waals surface area contributed by atoms with Gasteiger partial charge in [-0.1, -0.05) is 32.9 Å². The van der Waals surface area contributed by atoms with Crippen molar-refractivity contribution in [3.63, 3.8) is 0 Å². The maximum atomic E-state index is 12.0. The topological polar surface area (TPSA) is 64.3 Å². The predicted molar refractivity (Wildman–Crippen MR) is 77.0 cm³/mol. The fraction of sp³-hybridized carbons (Fsp3) is 0.533. The zero-order chi connectivity index (χ0) is 14.6. The molecule has 4 nitrogen and oxygen atoms in total. The van der Waals surface area contributed by atoms with Gasteiger partial charge in [-0.3, -0.25) is 4.79 Å². The van der Waals surface area contributed by atoms with Crippen LogP contribution in [0, 0.1) is 5.41 Å². The molecule has 1 amide bonds. The van der Waals surface area contributed by atoms with Gasteiger partial charge in [-0.15, -0.1) is 0 Å².